The summed E-state index contributed by atoms with van der Waals surface area (Å²) in [5, 5.41) is 4.10. The molecule has 38 heavy (non-hydrogen) atoms. The summed E-state index contributed by atoms with van der Waals surface area (Å²) >= 11 is 0. The van der Waals surface area contributed by atoms with E-state index in [0.717, 1.165) is 13.1 Å². The van der Waals surface area contributed by atoms with E-state index in [-0.39, 0.29) is 29.8 Å². The molecule has 3 rings (SSSR count). The van der Waals surface area contributed by atoms with E-state index in [9.17, 15) is 4.79 Å². The molecule has 3 aromatic rings. The van der Waals surface area contributed by atoms with Crippen LogP contribution in [0.1, 0.15) is 12.7 Å². The molecule has 0 aliphatic heterocycles. The van der Waals surface area contributed by atoms with Crippen LogP contribution < -0.4 is 29.6 Å². The van der Waals surface area contributed by atoms with E-state index in [4.69, 9.17) is 18.6 Å². The number of aromatic nitrogens is 2. The van der Waals surface area contributed by atoms with Crippen molar-refractivity contribution in [2.24, 2.45) is 0 Å². The van der Waals surface area contributed by atoms with Crippen LogP contribution in [0.4, 0.5) is 11.6 Å². The first-order valence-electron chi connectivity index (χ1n) is 12.6. The normalized spacial score (nSPS) is 11.4. The molecule has 0 saturated carbocycles. The lowest BCUT2D eigenvalue weighted by Crippen LogP contribution is -2.37. The van der Waals surface area contributed by atoms with Crippen molar-refractivity contribution in [1.82, 2.24) is 14.9 Å². The molecule has 206 valence electrons. The zero-order chi connectivity index (χ0) is 27.9. The van der Waals surface area contributed by atoms with Gasteiger partial charge in [0, 0.05) is 25.7 Å². The quantitative estimate of drug-likeness (QED) is 0.322. The van der Waals surface area contributed by atoms with Gasteiger partial charge in [-0.3, -0.25) is 4.79 Å². The third-order valence-corrected chi connectivity index (χ3v) is 7.90. The van der Waals surface area contributed by atoms with Crippen LogP contribution in [0.3, 0.4) is 0 Å². The predicted octanol–water partition coefficient (Wildman–Crippen LogP) is 3.99. The van der Waals surface area contributed by atoms with Gasteiger partial charge in [-0.05, 0) is 39.2 Å². The number of benzene rings is 1. The van der Waals surface area contributed by atoms with Gasteiger partial charge in [-0.2, -0.15) is 9.97 Å². The first kappa shape index (κ1) is 29.0. The molecule has 2 aromatic heterocycles. The second-order valence-electron chi connectivity index (χ2n) is 10.1. The van der Waals surface area contributed by atoms with Gasteiger partial charge in [-0.1, -0.05) is 37.0 Å². The highest BCUT2D eigenvalue weighted by molar-refractivity contribution is 6.88. The Bertz CT molecular complexity index is 1200. The molecule has 0 fully saturated rings. The van der Waals surface area contributed by atoms with Crippen molar-refractivity contribution in [3.8, 4) is 23.5 Å². The Morgan fingerprint density at radius 1 is 1.03 bits per heavy atom. The summed E-state index contributed by atoms with van der Waals surface area (Å²) in [4.78, 5) is 26.0. The first-order valence-corrected chi connectivity index (χ1v) is 16.1. The van der Waals surface area contributed by atoms with Crippen molar-refractivity contribution >= 4 is 30.8 Å². The highest BCUT2D eigenvalue weighted by Crippen LogP contribution is 2.34. The minimum absolute atomic E-state index is 0.0176. The fourth-order valence-electron chi connectivity index (χ4n) is 3.67. The summed E-state index contributed by atoms with van der Waals surface area (Å²) < 4.78 is 22.6. The third kappa shape index (κ3) is 7.72. The van der Waals surface area contributed by atoms with Gasteiger partial charge in [-0.15, -0.1) is 0 Å². The zero-order valence-corrected chi connectivity index (χ0v) is 24.6. The summed E-state index contributed by atoms with van der Waals surface area (Å²) in [6.45, 7) is 11.1. The fourth-order valence-corrected chi connectivity index (χ4v) is 4.84. The number of likely N-dealkylation sites (N-methyl/N-ethyl adjacent to an activating group) is 2. The number of anilines is 2. The molecule has 0 spiro atoms. The number of hydrogen-bond donors (Lipinski definition) is 1. The van der Waals surface area contributed by atoms with Crippen molar-refractivity contribution in [2.75, 3.05) is 58.2 Å². The predicted molar refractivity (Wildman–Crippen MR) is 152 cm³/mol. The summed E-state index contributed by atoms with van der Waals surface area (Å²) in [5.41, 5.74) is 0.263. The molecule has 2 heterocycles. The van der Waals surface area contributed by atoms with Crippen LogP contribution in [0.25, 0.3) is 0 Å². The highest BCUT2D eigenvalue weighted by Gasteiger charge is 2.22. The average molecular weight is 542 g/mol. The van der Waals surface area contributed by atoms with E-state index in [1.807, 2.05) is 44.1 Å². The summed E-state index contributed by atoms with van der Waals surface area (Å²) in [6, 6.07) is 11.5. The number of nitrogens with one attached hydrogen (secondary N) is 1. The Labute approximate surface area is 225 Å². The van der Waals surface area contributed by atoms with Gasteiger partial charge < -0.3 is 33.7 Å². The van der Waals surface area contributed by atoms with Crippen molar-refractivity contribution < 1.29 is 23.4 Å². The fraction of sp³-hybridized carbons (Fsp3) is 0.444. The van der Waals surface area contributed by atoms with Crippen LogP contribution in [0.5, 0.6) is 23.5 Å². The number of carbonyl (C=O) groups is 1. The monoisotopic (exact) mass is 541 g/mol. The topological polar surface area (TPSA) is 102 Å². The van der Waals surface area contributed by atoms with E-state index < -0.39 is 8.07 Å². The van der Waals surface area contributed by atoms with Gasteiger partial charge in [0.25, 0.3) is 5.95 Å². The number of rotatable bonds is 13. The summed E-state index contributed by atoms with van der Waals surface area (Å²) in [5.74, 6) is 2.04. The number of hydrogen-bond acceptors (Lipinski definition) is 9. The standard InChI is InChI=1S/C27H39N5O5Si/c1-9-32(16-15-31(2)3)27-29-25(34-4)24(26(30-27)35-5)28-22(33)18-20-13-14-23(37-20)36-19-11-10-12-21(17-19)38(6,7)8/h10-14,17H,9,15-16,18H2,1-8H3,(H,28,33). The minimum atomic E-state index is -1.47. The van der Waals surface area contributed by atoms with Gasteiger partial charge in [0.15, 0.2) is 5.69 Å². The first-order chi connectivity index (χ1) is 18.0. The summed E-state index contributed by atoms with van der Waals surface area (Å²) in [6.07, 6.45) is -0.0176. The Morgan fingerprint density at radius 2 is 1.71 bits per heavy atom. The van der Waals surface area contributed by atoms with Crippen molar-refractivity contribution in [2.45, 2.75) is 33.0 Å². The maximum absolute atomic E-state index is 12.9. The Balaban J connectivity index is 1.71. The van der Waals surface area contributed by atoms with Crippen LogP contribution in [0, 0.1) is 0 Å². The lowest BCUT2D eigenvalue weighted by Gasteiger charge is -2.24. The van der Waals surface area contributed by atoms with Crippen molar-refractivity contribution in [1.29, 1.82) is 0 Å². The number of ether oxygens (including phenoxy) is 3. The van der Waals surface area contributed by atoms with E-state index in [0.29, 0.717) is 29.9 Å². The molecule has 0 aliphatic carbocycles. The molecule has 0 radical (unpaired) electrons. The van der Waals surface area contributed by atoms with E-state index >= 15 is 0 Å². The Hall–Kier alpha value is -3.57. The lowest BCUT2D eigenvalue weighted by atomic mass is 10.3. The van der Waals surface area contributed by atoms with E-state index in [2.05, 4.69) is 45.9 Å². The highest BCUT2D eigenvalue weighted by atomic mass is 28.3. The van der Waals surface area contributed by atoms with Gasteiger partial charge in [-0.25, -0.2) is 0 Å². The van der Waals surface area contributed by atoms with E-state index in [1.165, 1.54) is 19.4 Å². The Morgan fingerprint density at radius 3 is 2.29 bits per heavy atom. The summed E-state index contributed by atoms with van der Waals surface area (Å²) in [7, 11) is 5.53. The molecule has 0 unspecified atom stereocenters. The van der Waals surface area contributed by atoms with Gasteiger partial charge in [0.1, 0.15) is 11.5 Å². The van der Waals surface area contributed by atoms with Gasteiger partial charge >= 0.3 is 0 Å². The number of methoxy groups -OCH3 is 2. The second-order valence-corrected chi connectivity index (χ2v) is 15.2. The molecular formula is C27H39N5O5Si. The van der Waals surface area contributed by atoms with Crippen LogP contribution in [0.2, 0.25) is 19.6 Å². The van der Waals surface area contributed by atoms with Crippen LogP contribution in [-0.2, 0) is 11.2 Å². The van der Waals surface area contributed by atoms with E-state index in [1.54, 1.807) is 12.1 Å². The molecule has 0 atom stereocenters. The van der Waals surface area contributed by atoms with Crippen LogP contribution in [0.15, 0.2) is 40.8 Å². The van der Waals surface area contributed by atoms with Crippen molar-refractivity contribution in [3.63, 3.8) is 0 Å². The number of amides is 1. The van der Waals surface area contributed by atoms with Gasteiger partial charge in [0.2, 0.25) is 23.6 Å². The molecule has 0 bridgehead atoms. The molecule has 1 amide bonds. The zero-order valence-electron chi connectivity index (χ0n) is 23.6. The second kappa shape index (κ2) is 12.8. The number of carbonyl (C=O) groups excluding carboxylic acids is 1. The Kier molecular flexibility index (Phi) is 9.76. The maximum atomic E-state index is 12.9. The van der Waals surface area contributed by atoms with Crippen LogP contribution >= 0.6 is 0 Å². The smallest absolute Gasteiger partial charge is 0.290 e. The molecule has 11 heteroatoms. The molecule has 1 aromatic carbocycles. The number of furan rings is 1. The maximum Gasteiger partial charge on any atom is 0.290 e. The SMILES string of the molecule is CCN(CCN(C)C)c1nc(OC)c(NC(=O)Cc2ccc(Oc3cccc([Si](C)(C)C)c3)o2)c(OC)n1. The van der Waals surface area contributed by atoms with Crippen molar-refractivity contribution in [3.05, 3.63) is 42.2 Å². The molecule has 1 N–H and O–H groups in total. The third-order valence-electron chi connectivity index (χ3n) is 5.85. The molecule has 0 saturated heterocycles. The average Bonchev–Trinajstić information content (AvgIpc) is 3.30. The largest absolute Gasteiger partial charge is 0.479 e. The molecule has 10 nitrogen and oxygen atoms in total. The number of nitrogens with zero attached hydrogens (tertiary/aromatic N) is 4. The lowest BCUT2D eigenvalue weighted by molar-refractivity contribution is -0.115. The molecule has 0 aliphatic rings. The van der Waals surface area contributed by atoms with Gasteiger partial charge in [0.05, 0.1) is 28.7 Å². The molecular weight excluding hydrogens is 502 g/mol. The van der Waals surface area contributed by atoms with Crippen LogP contribution in [-0.4, -0.2) is 76.8 Å². The minimum Gasteiger partial charge on any atom is -0.479 e.